The number of likely N-dealkylation sites (tertiary alicyclic amines) is 1. The number of rotatable bonds is 3. The van der Waals surface area contributed by atoms with Crippen molar-refractivity contribution in [3.8, 4) is 0 Å². The second-order valence-electron chi connectivity index (χ2n) is 7.74. The minimum atomic E-state index is -0.356. The van der Waals surface area contributed by atoms with Crippen LogP contribution in [0.1, 0.15) is 72.1 Å². The molecule has 116 valence electrons. The Morgan fingerprint density at radius 3 is 2.20 bits per heavy atom. The van der Waals surface area contributed by atoms with Gasteiger partial charge in [0.25, 0.3) is 0 Å². The van der Waals surface area contributed by atoms with Crippen LogP contribution in [0.25, 0.3) is 0 Å². The normalized spacial score (nSPS) is 23.8. The third kappa shape index (κ3) is 4.76. The molecule has 0 aromatic carbocycles. The number of ether oxygens (including phenoxy) is 1. The summed E-state index contributed by atoms with van der Waals surface area (Å²) in [6.45, 7) is 8.99. The molecule has 0 unspecified atom stereocenters. The standard InChI is InChI=1S/C17H31NO2/c1-16(2,3)20-15(19)7-12-18-13-10-17(11-14-18)8-5-4-6-9-17/h4-14H2,1-3H3. The summed E-state index contributed by atoms with van der Waals surface area (Å²) in [5.74, 6) is -0.0598. The van der Waals surface area contributed by atoms with E-state index >= 15 is 0 Å². The fourth-order valence-electron chi connectivity index (χ4n) is 3.69. The number of esters is 1. The molecule has 0 aromatic heterocycles. The molecule has 1 heterocycles. The van der Waals surface area contributed by atoms with Crippen LogP contribution in [-0.2, 0) is 9.53 Å². The molecule has 3 heteroatoms. The number of hydrogen-bond acceptors (Lipinski definition) is 3. The molecule has 0 atom stereocenters. The first-order valence-electron chi connectivity index (χ1n) is 8.33. The molecule has 1 spiro atoms. The predicted molar refractivity (Wildman–Crippen MR) is 81.7 cm³/mol. The molecule has 2 rings (SSSR count). The molecular weight excluding hydrogens is 250 g/mol. The van der Waals surface area contributed by atoms with Crippen molar-refractivity contribution in [3.63, 3.8) is 0 Å². The Morgan fingerprint density at radius 1 is 1.05 bits per heavy atom. The van der Waals surface area contributed by atoms with Crippen molar-refractivity contribution < 1.29 is 9.53 Å². The summed E-state index contributed by atoms with van der Waals surface area (Å²) in [4.78, 5) is 14.2. The summed E-state index contributed by atoms with van der Waals surface area (Å²) in [5.41, 5.74) is 0.297. The van der Waals surface area contributed by atoms with E-state index in [0.717, 1.165) is 6.54 Å². The van der Waals surface area contributed by atoms with Gasteiger partial charge in [0.2, 0.25) is 0 Å². The summed E-state index contributed by atoms with van der Waals surface area (Å²) in [6.07, 6.45) is 10.4. The van der Waals surface area contributed by atoms with Crippen molar-refractivity contribution in [2.45, 2.75) is 77.7 Å². The maximum atomic E-state index is 11.7. The van der Waals surface area contributed by atoms with E-state index in [2.05, 4.69) is 4.90 Å². The minimum absolute atomic E-state index is 0.0598. The lowest BCUT2D eigenvalue weighted by Gasteiger charge is -2.44. The highest BCUT2D eigenvalue weighted by Gasteiger charge is 2.35. The molecule has 1 aliphatic heterocycles. The maximum absolute atomic E-state index is 11.7. The zero-order chi connectivity index (χ0) is 14.6. The van der Waals surface area contributed by atoms with Crippen LogP contribution in [0.15, 0.2) is 0 Å². The first-order chi connectivity index (χ1) is 9.39. The van der Waals surface area contributed by atoms with Crippen molar-refractivity contribution in [3.05, 3.63) is 0 Å². The highest BCUT2D eigenvalue weighted by Crippen LogP contribution is 2.44. The predicted octanol–water partition coefficient (Wildman–Crippen LogP) is 3.76. The SMILES string of the molecule is CC(C)(C)OC(=O)CCN1CCC2(CCCCC2)CC1. The number of carbonyl (C=O) groups excluding carboxylic acids is 1. The van der Waals surface area contributed by atoms with Gasteiger partial charge < -0.3 is 9.64 Å². The van der Waals surface area contributed by atoms with E-state index in [0.29, 0.717) is 11.8 Å². The largest absolute Gasteiger partial charge is 0.460 e. The molecule has 3 nitrogen and oxygen atoms in total. The quantitative estimate of drug-likeness (QED) is 0.738. The van der Waals surface area contributed by atoms with Crippen molar-refractivity contribution in [2.24, 2.45) is 5.41 Å². The van der Waals surface area contributed by atoms with Gasteiger partial charge >= 0.3 is 5.97 Å². The second kappa shape index (κ2) is 6.46. The van der Waals surface area contributed by atoms with Crippen LogP contribution in [0.5, 0.6) is 0 Å². The molecule has 2 fully saturated rings. The summed E-state index contributed by atoms with van der Waals surface area (Å²) >= 11 is 0. The molecule has 0 amide bonds. The third-order valence-corrected chi connectivity index (χ3v) is 4.88. The van der Waals surface area contributed by atoms with Gasteiger partial charge in [-0.2, -0.15) is 0 Å². The number of nitrogens with zero attached hydrogens (tertiary/aromatic N) is 1. The molecule has 0 N–H and O–H groups in total. The first kappa shape index (κ1) is 15.8. The van der Waals surface area contributed by atoms with Gasteiger partial charge in [0, 0.05) is 6.54 Å². The van der Waals surface area contributed by atoms with Crippen LogP contribution in [0, 0.1) is 5.41 Å². The van der Waals surface area contributed by atoms with E-state index in [-0.39, 0.29) is 11.6 Å². The average Bonchev–Trinajstić information content (AvgIpc) is 2.37. The van der Waals surface area contributed by atoms with E-state index in [1.165, 1.54) is 58.0 Å². The van der Waals surface area contributed by atoms with Crippen LogP contribution >= 0.6 is 0 Å². The molecule has 1 aliphatic carbocycles. The van der Waals surface area contributed by atoms with E-state index in [4.69, 9.17) is 4.74 Å². The van der Waals surface area contributed by atoms with E-state index < -0.39 is 0 Å². The van der Waals surface area contributed by atoms with Crippen LogP contribution in [0.3, 0.4) is 0 Å². The average molecular weight is 281 g/mol. The molecule has 1 saturated heterocycles. The van der Waals surface area contributed by atoms with E-state index in [1.54, 1.807) is 0 Å². The first-order valence-corrected chi connectivity index (χ1v) is 8.33. The van der Waals surface area contributed by atoms with Crippen LogP contribution < -0.4 is 0 Å². The zero-order valence-corrected chi connectivity index (χ0v) is 13.5. The van der Waals surface area contributed by atoms with E-state index in [1.807, 2.05) is 20.8 Å². The Morgan fingerprint density at radius 2 is 1.65 bits per heavy atom. The summed E-state index contributed by atoms with van der Waals surface area (Å²) in [7, 11) is 0. The number of carbonyl (C=O) groups is 1. The Labute approximate surface area is 124 Å². The fourth-order valence-corrected chi connectivity index (χ4v) is 3.69. The fraction of sp³-hybridized carbons (Fsp3) is 0.941. The molecule has 2 aliphatic rings. The lowest BCUT2D eigenvalue weighted by atomic mass is 9.68. The second-order valence-corrected chi connectivity index (χ2v) is 7.74. The highest BCUT2D eigenvalue weighted by atomic mass is 16.6. The van der Waals surface area contributed by atoms with Gasteiger partial charge in [-0.25, -0.2) is 0 Å². The monoisotopic (exact) mass is 281 g/mol. The van der Waals surface area contributed by atoms with Gasteiger partial charge in [-0.05, 0) is 65.0 Å². The molecule has 0 radical (unpaired) electrons. The Bertz CT molecular complexity index is 316. The molecule has 20 heavy (non-hydrogen) atoms. The topological polar surface area (TPSA) is 29.5 Å². The lowest BCUT2D eigenvalue weighted by molar-refractivity contribution is -0.155. The maximum Gasteiger partial charge on any atom is 0.307 e. The van der Waals surface area contributed by atoms with Crippen LogP contribution in [-0.4, -0.2) is 36.1 Å². The van der Waals surface area contributed by atoms with Gasteiger partial charge in [0.05, 0.1) is 6.42 Å². The molecular formula is C17H31NO2. The van der Waals surface area contributed by atoms with Gasteiger partial charge in [-0.3, -0.25) is 4.79 Å². The zero-order valence-electron chi connectivity index (χ0n) is 13.5. The molecule has 0 bridgehead atoms. The highest BCUT2D eigenvalue weighted by molar-refractivity contribution is 5.70. The van der Waals surface area contributed by atoms with Crippen molar-refractivity contribution >= 4 is 5.97 Å². The minimum Gasteiger partial charge on any atom is -0.460 e. The third-order valence-electron chi connectivity index (χ3n) is 4.88. The van der Waals surface area contributed by atoms with Crippen molar-refractivity contribution in [1.29, 1.82) is 0 Å². The van der Waals surface area contributed by atoms with Crippen molar-refractivity contribution in [1.82, 2.24) is 4.90 Å². The summed E-state index contributed by atoms with van der Waals surface area (Å²) in [5, 5.41) is 0. The van der Waals surface area contributed by atoms with Gasteiger partial charge in [-0.1, -0.05) is 19.3 Å². The summed E-state index contributed by atoms with van der Waals surface area (Å²) in [6, 6.07) is 0. The molecule has 0 aromatic rings. The smallest absolute Gasteiger partial charge is 0.307 e. The van der Waals surface area contributed by atoms with Crippen LogP contribution in [0.2, 0.25) is 0 Å². The van der Waals surface area contributed by atoms with Crippen LogP contribution in [0.4, 0.5) is 0 Å². The lowest BCUT2D eigenvalue weighted by Crippen LogP contribution is -2.42. The number of piperidine rings is 1. The Hall–Kier alpha value is -0.570. The van der Waals surface area contributed by atoms with Gasteiger partial charge in [-0.15, -0.1) is 0 Å². The van der Waals surface area contributed by atoms with E-state index in [9.17, 15) is 4.79 Å². The molecule has 1 saturated carbocycles. The number of hydrogen-bond donors (Lipinski definition) is 0. The Kier molecular flexibility index (Phi) is 5.11. The van der Waals surface area contributed by atoms with Gasteiger partial charge in [0.15, 0.2) is 0 Å². The van der Waals surface area contributed by atoms with Gasteiger partial charge in [0.1, 0.15) is 5.60 Å². The Balaban J connectivity index is 1.68. The summed E-state index contributed by atoms with van der Waals surface area (Å²) < 4.78 is 5.37. The van der Waals surface area contributed by atoms with Crippen molar-refractivity contribution in [2.75, 3.05) is 19.6 Å².